The van der Waals surface area contributed by atoms with E-state index in [4.69, 9.17) is 9.84 Å². The van der Waals surface area contributed by atoms with E-state index >= 15 is 0 Å². The van der Waals surface area contributed by atoms with Crippen LogP contribution in [0.15, 0.2) is 239 Å². The summed E-state index contributed by atoms with van der Waals surface area (Å²) in [6.45, 7) is 4.90. The SMILES string of the molecule is Brc1ccccc1Oc1ccc2c(c1)C1(c3ccccc3-c3ccccc31)c1ccccc1-2.C.CC(C)(C)[O-].Ic1ccc2c(c1)C1(c3ccccc3-c3ccccc31)c1ccccc1-2.Oc1ccccc1Br.[B].[Na+]. The fraction of sp³-hybridized carbons (Fsp3) is 0.104. The molecule has 10 aromatic rings. The molecule has 0 amide bonds. The maximum atomic E-state index is 10.1. The van der Waals surface area contributed by atoms with Gasteiger partial charge in [-0.15, -0.1) is 5.60 Å². The minimum Gasteiger partial charge on any atom is -0.850 e. The number of halogens is 3. The maximum absolute atomic E-state index is 10.1. The summed E-state index contributed by atoms with van der Waals surface area (Å²) in [6, 6.07) is 81.8. The summed E-state index contributed by atoms with van der Waals surface area (Å²) in [7, 11) is 0. The van der Waals surface area contributed by atoms with Gasteiger partial charge in [0.15, 0.2) is 0 Å². The van der Waals surface area contributed by atoms with Crippen LogP contribution in [0.5, 0.6) is 17.2 Å². The van der Waals surface area contributed by atoms with Crippen molar-refractivity contribution in [3.63, 3.8) is 0 Å². The molecule has 10 aromatic carbocycles. The molecule has 0 saturated heterocycles. The molecule has 4 aliphatic carbocycles. The number of phenols is 1. The molecule has 8 heteroatoms. The van der Waals surface area contributed by atoms with Crippen LogP contribution >= 0.6 is 54.5 Å². The van der Waals surface area contributed by atoms with Crippen LogP contribution in [0.4, 0.5) is 0 Å². The van der Waals surface area contributed by atoms with Crippen molar-refractivity contribution in [1.29, 1.82) is 0 Å². The molecular formula is C67H52BBr2INaO3. The monoisotopic (exact) mass is 1220 g/mol. The number of ether oxygens (including phenoxy) is 1. The summed E-state index contributed by atoms with van der Waals surface area (Å²) >= 11 is 9.20. The fourth-order valence-electron chi connectivity index (χ4n) is 11.3. The van der Waals surface area contributed by atoms with Crippen molar-refractivity contribution in [1.82, 2.24) is 0 Å². The Morgan fingerprint density at radius 1 is 0.413 bits per heavy atom. The van der Waals surface area contributed by atoms with E-state index in [0.717, 1.165) is 20.4 Å². The van der Waals surface area contributed by atoms with E-state index in [1.54, 1.807) is 39.0 Å². The first-order valence-corrected chi connectivity index (χ1v) is 26.7. The molecule has 0 heterocycles. The smallest absolute Gasteiger partial charge is 0.850 e. The molecule has 0 saturated carbocycles. The van der Waals surface area contributed by atoms with Gasteiger partial charge < -0.3 is 14.9 Å². The Kier molecular flexibility index (Phi) is 16.8. The Bertz CT molecular complexity index is 3560. The van der Waals surface area contributed by atoms with Crippen molar-refractivity contribution in [3.8, 4) is 61.8 Å². The van der Waals surface area contributed by atoms with Gasteiger partial charge in [0.25, 0.3) is 0 Å². The molecule has 3 radical (unpaired) electrons. The third kappa shape index (κ3) is 9.73. The number of hydrogen-bond donors (Lipinski definition) is 1. The predicted octanol–water partition coefficient (Wildman–Crippen LogP) is 14.8. The summed E-state index contributed by atoms with van der Waals surface area (Å²) in [4.78, 5) is 0. The maximum Gasteiger partial charge on any atom is 1.00 e. The number of phenolic OH excluding ortho intramolecular Hbond substituents is 1. The molecule has 3 nitrogen and oxygen atoms in total. The van der Waals surface area contributed by atoms with Gasteiger partial charge in [-0.05, 0) is 192 Å². The Morgan fingerprint density at radius 2 is 0.707 bits per heavy atom. The van der Waals surface area contributed by atoms with Crippen molar-refractivity contribution >= 4 is 62.9 Å². The van der Waals surface area contributed by atoms with Crippen LogP contribution in [-0.4, -0.2) is 19.1 Å². The first kappa shape index (κ1) is 55.7. The van der Waals surface area contributed by atoms with E-state index in [1.165, 1.54) is 92.6 Å². The second-order valence-corrected chi connectivity index (χ2v) is 22.2. The van der Waals surface area contributed by atoms with E-state index in [2.05, 4.69) is 236 Å². The Morgan fingerprint density at radius 3 is 1.05 bits per heavy atom. The molecule has 75 heavy (non-hydrogen) atoms. The topological polar surface area (TPSA) is 52.5 Å². The Labute approximate surface area is 496 Å². The van der Waals surface area contributed by atoms with Crippen LogP contribution in [0.3, 0.4) is 0 Å². The summed E-state index contributed by atoms with van der Waals surface area (Å²) in [6.07, 6.45) is 0. The van der Waals surface area contributed by atoms with E-state index in [0.29, 0.717) is 0 Å². The molecule has 14 rings (SSSR count). The standard InChI is InChI=1S/C31H19BrO.C25H15I.C6H5BrO.C4H9O.CH4.B.Na/c32-29-15-7-8-16-30(29)33-20-17-18-24-23-11-3-6-14-27(23)31(28(24)19-20)25-12-4-1-9-21(25)22-10-2-5-13-26(22)31;26-16-13-14-20-19-9-3-6-12-23(19)25(24(20)15-16)21-10-4-1-7-17(21)18-8-2-5-11-22(18)25;7-5-3-1-2-4-6(5)8;1-4(2,3)5;;;/h1-19H;1-15H;1-4,8H;1-3H3;1H4;;/q;;;-1;;;+1. The predicted molar refractivity (Wildman–Crippen MR) is 320 cm³/mol. The first-order valence-electron chi connectivity index (χ1n) is 24.0. The zero-order valence-corrected chi connectivity index (χ0v) is 48.7. The molecule has 363 valence electrons. The van der Waals surface area contributed by atoms with E-state index in [-0.39, 0.29) is 62.0 Å². The van der Waals surface area contributed by atoms with Gasteiger partial charge in [-0.2, -0.15) is 0 Å². The zero-order chi connectivity index (χ0) is 49.8. The van der Waals surface area contributed by atoms with Gasteiger partial charge in [-0.25, -0.2) is 0 Å². The molecule has 0 unspecified atom stereocenters. The van der Waals surface area contributed by atoms with Crippen molar-refractivity contribution < 1.29 is 44.5 Å². The molecule has 1 N–H and O–H groups in total. The molecule has 4 aliphatic rings. The summed E-state index contributed by atoms with van der Waals surface area (Å²) < 4.78 is 9.33. The van der Waals surface area contributed by atoms with Crippen LogP contribution in [0.1, 0.15) is 72.7 Å². The van der Waals surface area contributed by atoms with Crippen molar-refractivity contribution in [2.75, 3.05) is 0 Å². The van der Waals surface area contributed by atoms with Gasteiger partial charge in [0, 0.05) is 12.0 Å². The summed E-state index contributed by atoms with van der Waals surface area (Å²) in [5.74, 6) is 1.94. The zero-order valence-electron chi connectivity index (χ0n) is 41.4. The molecule has 0 aliphatic heterocycles. The van der Waals surface area contributed by atoms with E-state index in [9.17, 15) is 5.11 Å². The number of aromatic hydroxyl groups is 1. The molecular weight excluding hydrogens is 1170 g/mol. The minimum atomic E-state index is -0.750. The first-order chi connectivity index (χ1) is 34.9. The van der Waals surface area contributed by atoms with E-state index in [1.807, 2.05) is 30.3 Å². The van der Waals surface area contributed by atoms with Gasteiger partial charge in [0.05, 0.1) is 19.8 Å². The van der Waals surface area contributed by atoms with Crippen molar-refractivity contribution in [2.24, 2.45) is 0 Å². The normalized spacial score (nSPS) is 12.9. The Hall–Kier alpha value is -5.49. The number of fused-ring (bicyclic) bond motifs is 20. The van der Waals surface area contributed by atoms with E-state index < -0.39 is 5.60 Å². The average molecular weight is 1230 g/mol. The van der Waals surface area contributed by atoms with Crippen LogP contribution in [-0.2, 0) is 10.8 Å². The van der Waals surface area contributed by atoms with Crippen LogP contribution in [0.2, 0.25) is 0 Å². The summed E-state index contributed by atoms with van der Waals surface area (Å²) in [5, 5.41) is 19.0. The molecule has 0 aromatic heterocycles. The van der Waals surface area contributed by atoms with Crippen LogP contribution < -0.4 is 39.4 Å². The average Bonchev–Trinajstić information content (AvgIpc) is 4.08. The third-order valence-corrected chi connectivity index (χ3v) is 15.8. The minimum absolute atomic E-state index is 0. The van der Waals surface area contributed by atoms with Crippen LogP contribution in [0.25, 0.3) is 44.5 Å². The molecule has 0 bridgehead atoms. The Balaban J connectivity index is 0.000000158. The second kappa shape index (κ2) is 22.6. The van der Waals surface area contributed by atoms with Crippen molar-refractivity contribution in [2.45, 2.75) is 44.6 Å². The molecule has 0 atom stereocenters. The summed E-state index contributed by atoms with van der Waals surface area (Å²) in [5.41, 5.74) is 20.3. The van der Waals surface area contributed by atoms with Gasteiger partial charge in [0.2, 0.25) is 0 Å². The van der Waals surface area contributed by atoms with Gasteiger partial charge >= 0.3 is 29.6 Å². The number of benzene rings is 10. The molecule has 0 fully saturated rings. The second-order valence-electron chi connectivity index (χ2n) is 19.3. The number of hydrogen-bond acceptors (Lipinski definition) is 3. The number of para-hydroxylation sites is 2. The third-order valence-electron chi connectivity index (χ3n) is 13.8. The molecule has 2 spiro atoms. The quantitative estimate of drug-likeness (QED) is 0.139. The van der Waals surface area contributed by atoms with Gasteiger partial charge in [0.1, 0.15) is 17.2 Å². The van der Waals surface area contributed by atoms with Crippen molar-refractivity contribution in [3.05, 3.63) is 288 Å². The van der Waals surface area contributed by atoms with Gasteiger partial charge in [-0.1, -0.05) is 210 Å². The fourth-order valence-corrected chi connectivity index (χ4v) is 12.5. The van der Waals surface area contributed by atoms with Crippen LogP contribution in [0, 0.1) is 3.57 Å². The van der Waals surface area contributed by atoms with Gasteiger partial charge in [-0.3, -0.25) is 0 Å². The largest absolute Gasteiger partial charge is 1.00 e. The number of rotatable bonds is 2.